The molecule has 0 unspecified atom stereocenters. The molecule has 1 heterocycles. The fourth-order valence-electron chi connectivity index (χ4n) is 1.56. The van der Waals surface area contributed by atoms with Crippen molar-refractivity contribution in [1.29, 1.82) is 0 Å². The van der Waals surface area contributed by atoms with Gasteiger partial charge in [0.15, 0.2) is 0 Å². The molecule has 0 fully saturated rings. The second-order valence-electron chi connectivity index (χ2n) is 3.85. The van der Waals surface area contributed by atoms with Gasteiger partial charge in [-0.3, -0.25) is 4.72 Å². The normalized spacial score (nSPS) is 12.9. The number of rotatable bonds is 2. The molecule has 0 saturated heterocycles. The van der Waals surface area contributed by atoms with Gasteiger partial charge in [-0.15, -0.1) is 11.3 Å². The average molecular weight is 330 g/mol. The van der Waals surface area contributed by atoms with Crippen molar-refractivity contribution < 1.29 is 21.6 Å². The average Bonchev–Trinajstić information content (AvgIpc) is 2.57. The van der Waals surface area contributed by atoms with Crippen LogP contribution < -0.4 is 4.72 Å². The summed E-state index contributed by atoms with van der Waals surface area (Å²) in [5.74, 6) is 0. The monoisotopic (exact) mass is 329 g/mol. The lowest BCUT2D eigenvalue weighted by Crippen LogP contribution is -2.09. The SMILES string of the molecule is CS(=O)(=O)Nc1csc2cc(C(F)(F)F)cc(Cl)c12. The molecule has 1 N–H and O–H groups in total. The van der Waals surface area contributed by atoms with E-state index in [4.69, 9.17) is 11.6 Å². The van der Waals surface area contributed by atoms with Crippen LogP contribution in [-0.4, -0.2) is 14.7 Å². The van der Waals surface area contributed by atoms with Crippen molar-refractivity contribution in [2.45, 2.75) is 6.18 Å². The quantitative estimate of drug-likeness (QED) is 0.907. The first-order chi connectivity index (χ1) is 8.58. The van der Waals surface area contributed by atoms with Crippen LogP contribution in [-0.2, 0) is 16.2 Å². The number of thiophene rings is 1. The van der Waals surface area contributed by atoms with Crippen molar-refractivity contribution in [1.82, 2.24) is 0 Å². The minimum atomic E-state index is -4.49. The molecule has 0 amide bonds. The van der Waals surface area contributed by atoms with Gasteiger partial charge in [0.2, 0.25) is 10.0 Å². The number of alkyl halides is 3. The molecule has 0 spiro atoms. The van der Waals surface area contributed by atoms with Gasteiger partial charge in [-0.1, -0.05) is 11.6 Å². The lowest BCUT2D eigenvalue weighted by molar-refractivity contribution is -0.137. The van der Waals surface area contributed by atoms with Gasteiger partial charge >= 0.3 is 6.18 Å². The third kappa shape index (κ3) is 3.13. The minimum absolute atomic E-state index is 0.141. The molecular weight excluding hydrogens is 323 g/mol. The Morgan fingerprint density at radius 2 is 1.95 bits per heavy atom. The highest BCUT2D eigenvalue weighted by Gasteiger charge is 2.31. The molecule has 1 aromatic carbocycles. The number of halogens is 4. The summed E-state index contributed by atoms with van der Waals surface area (Å²) < 4.78 is 62.6. The Bertz CT molecular complexity index is 737. The zero-order chi connectivity index (χ0) is 14.4. The minimum Gasteiger partial charge on any atom is -0.282 e. The molecule has 0 bridgehead atoms. The second kappa shape index (κ2) is 4.53. The van der Waals surface area contributed by atoms with Gasteiger partial charge in [-0.05, 0) is 12.1 Å². The van der Waals surface area contributed by atoms with E-state index in [0.717, 1.165) is 29.7 Å². The van der Waals surface area contributed by atoms with E-state index in [1.807, 2.05) is 0 Å². The molecule has 9 heteroatoms. The topological polar surface area (TPSA) is 46.2 Å². The van der Waals surface area contributed by atoms with Crippen LogP contribution in [0.2, 0.25) is 5.02 Å². The summed E-state index contributed by atoms with van der Waals surface area (Å²) in [5, 5.41) is 1.54. The highest BCUT2D eigenvalue weighted by atomic mass is 35.5. The van der Waals surface area contributed by atoms with Crippen LogP contribution in [0.3, 0.4) is 0 Å². The third-order valence-electron chi connectivity index (χ3n) is 2.25. The van der Waals surface area contributed by atoms with Crippen molar-refractivity contribution in [2.24, 2.45) is 0 Å². The van der Waals surface area contributed by atoms with Crippen molar-refractivity contribution >= 4 is 48.7 Å². The smallest absolute Gasteiger partial charge is 0.282 e. The molecule has 0 radical (unpaired) electrons. The Morgan fingerprint density at radius 3 is 2.47 bits per heavy atom. The van der Waals surface area contributed by atoms with Crippen molar-refractivity contribution in [3.63, 3.8) is 0 Å². The Kier molecular flexibility index (Phi) is 3.44. The van der Waals surface area contributed by atoms with E-state index in [2.05, 4.69) is 4.72 Å². The van der Waals surface area contributed by atoms with Gasteiger partial charge in [0, 0.05) is 15.5 Å². The lowest BCUT2D eigenvalue weighted by Gasteiger charge is -2.08. The molecule has 0 aliphatic heterocycles. The maximum Gasteiger partial charge on any atom is 0.416 e. The summed E-state index contributed by atoms with van der Waals surface area (Å²) in [6.45, 7) is 0. The lowest BCUT2D eigenvalue weighted by atomic mass is 10.1. The van der Waals surface area contributed by atoms with Gasteiger partial charge in [0.1, 0.15) is 0 Å². The second-order valence-corrected chi connectivity index (χ2v) is 6.92. The Morgan fingerprint density at radius 1 is 1.32 bits per heavy atom. The van der Waals surface area contributed by atoms with Crippen LogP contribution in [0.5, 0.6) is 0 Å². The number of hydrogen-bond acceptors (Lipinski definition) is 3. The van der Waals surface area contributed by atoms with E-state index < -0.39 is 21.8 Å². The fourth-order valence-corrected chi connectivity index (χ4v) is 3.52. The molecule has 0 aliphatic carbocycles. The number of sulfonamides is 1. The first kappa shape index (κ1) is 14.4. The maximum absolute atomic E-state index is 12.6. The molecular formula is C10H7ClF3NO2S2. The van der Waals surface area contributed by atoms with Crippen molar-refractivity contribution in [3.8, 4) is 0 Å². The van der Waals surface area contributed by atoms with Crippen LogP contribution in [0.25, 0.3) is 10.1 Å². The molecule has 0 aliphatic rings. The van der Waals surface area contributed by atoms with Crippen LogP contribution in [0.4, 0.5) is 18.9 Å². The predicted molar refractivity (Wildman–Crippen MR) is 70.3 cm³/mol. The summed E-state index contributed by atoms with van der Waals surface area (Å²) in [6.07, 6.45) is -3.54. The molecule has 104 valence electrons. The molecule has 3 nitrogen and oxygen atoms in total. The molecule has 1 aromatic heterocycles. The van der Waals surface area contributed by atoms with Gasteiger partial charge in [-0.2, -0.15) is 13.2 Å². The summed E-state index contributed by atoms with van der Waals surface area (Å²) in [7, 11) is -3.52. The van der Waals surface area contributed by atoms with Crippen LogP contribution >= 0.6 is 22.9 Å². The van der Waals surface area contributed by atoms with E-state index in [1.165, 1.54) is 5.38 Å². The predicted octanol–water partition coefficient (Wildman–Crippen LogP) is 3.95. The summed E-state index contributed by atoms with van der Waals surface area (Å²) in [4.78, 5) is 0. The van der Waals surface area contributed by atoms with Crippen molar-refractivity contribution in [3.05, 3.63) is 28.1 Å². The van der Waals surface area contributed by atoms with E-state index in [0.29, 0.717) is 0 Å². The number of benzene rings is 1. The van der Waals surface area contributed by atoms with Crippen molar-refractivity contribution in [2.75, 3.05) is 11.0 Å². The highest BCUT2D eigenvalue weighted by molar-refractivity contribution is 7.92. The Hall–Kier alpha value is -0.990. The van der Waals surface area contributed by atoms with Crippen LogP contribution in [0.15, 0.2) is 17.5 Å². The first-order valence-electron chi connectivity index (χ1n) is 4.83. The Labute approximate surface area is 116 Å². The zero-order valence-corrected chi connectivity index (χ0v) is 11.8. The highest BCUT2D eigenvalue weighted by Crippen LogP contribution is 2.41. The third-order valence-corrected chi connectivity index (χ3v) is 4.07. The van der Waals surface area contributed by atoms with E-state index >= 15 is 0 Å². The van der Waals surface area contributed by atoms with Gasteiger partial charge < -0.3 is 0 Å². The molecule has 0 saturated carbocycles. The summed E-state index contributed by atoms with van der Waals surface area (Å²) in [6, 6.07) is 1.73. The fraction of sp³-hybridized carbons (Fsp3) is 0.200. The van der Waals surface area contributed by atoms with Gasteiger partial charge in [0.25, 0.3) is 0 Å². The number of anilines is 1. The largest absolute Gasteiger partial charge is 0.416 e. The maximum atomic E-state index is 12.6. The number of nitrogens with one attached hydrogen (secondary N) is 1. The molecule has 2 aromatic rings. The standard InChI is InChI=1S/C10H7ClF3NO2S2/c1-19(16,17)15-7-4-18-8-3-5(10(12,13)14)2-6(11)9(7)8/h2-4,15H,1H3. The molecule has 19 heavy (non-hydrogen) atoms. The summed E-state index contributed by atoms with van der Waals surface area (Å²) >= 11 is 6.80. The van der Waals surface area contributed by atoms with Gasteiger partial charge in [0.05, 0.1) is 22.5 Å². The van der Waals surface area contributed by atoms with E-state index in [-0.39, 0.29) is 20.8 Å². The number of fused-ring (bicyclic) bond motifs is 1. The Balaban J connectivity index is 2.63. The van der Waals surface area contributed by atoms with E-state index in [1.54, 1.807) is 0 Å². The van der Waals surface area contributed by atoms with Gasteiger partial charge in [-0.25, -0.2) is 8.42 Å². The van der Waals surface area contributed by atoms with Crippen LogP contribution in [0.1, 0.15) is 5.56 Å². The molecule has 0 atom stereocenters. The summed E-state index contributed by atoms with van der Waals surface area (Å²) in [5.41, 5.74) is -0.681. The van der Waals surface area contributed by atoms with Crippen LogP contribution in [0, 0.1) is 0 Å². The number of hydrogen-bond donors (Lipinski definition) is 1. The van der Waals surface area contributed by atoms with E-state index in [9.17, 15) is 21.6 Å². The zero-order valence-electron chi connectivity index (χ0n) is 9.38. The first-order valence-corrected chi connectivity index (χ1v) is 7.98. The molecule has 2 rings (SSSR count).